The molecule has 1 saturated carbocycles. The number of fused-ring (bicyclic) bond motifs is 1. The Morgan fingerprint density at radius 2 is 1.70 bits per heavy atom. The molecule has 0 bridgehead atoms. The summed E-state index contributed by atoms with van der Waals surface area (Å²) in [5.74, 6) is 0.466. The number of furan rings is 1. The number of nitrogens with one attached hydrogen (secondary N) is 1. The van der Waals surface area contributed by atoms with Crippen molar-refractivity contribution in [2.75, 3.05) is 38.1 Å². The second kappa shape index (κ2) is 13.5. The lowest BCUT2D eigenvalue weighted by atomic mass is 9.92. The Labute approximate surface area is 260 Å². The molecule has 46 heavy (non-hydrogen) atoms. The van der Waals surface area contributed by atoms with Gasteiger partial charge in [0.1, 0.15) is 23.5 Å². The Morgan fingerprint density at radius 1 is 1.00 bits per heavy atom. The smallest absolute Gasteiger partial charge is 0.423 e. The molecule has 2 heterocycles. The monoisotopic (exact) mass is 656 g/mol. The molecule has 9 nitrogen and oxygen atoms in total. The standard InChI is InChI=1S/C31H34F6N4O5/c1-19(14-25-16-20-15-21(30(32,33)34)2-9-28(20)46-25)39-10-12-40(13-11-39)29(42)18-45-24-6-3-22(4-7-24)38-23-5-8-27(41(43)44)26(17-23)31(35,36)37/h2,5,8-9,15-17,19,22,24,38H,3-4,6-7,10-14,18H2,1H3/t19?,22-,24-. The average molecular weight is 657 g/mol. The van der Waals surface area contributed by atoms with E-state index in [1.54, 1.807) is 11.0 Å². The molecule has 1 saturated heterocycles. The highest BCUT2D eigenvalue weighted by Crippen LogP contribution is 2.38. The van der Waals surface area contributed by atoms with Crippen molar-refractivity contribution in [2.45, 2.75) is 69.6 Å². The summed E-state index contributed by atoms with van der Waals surface area (Å²) < 4.78 is 90.6. The lowest BCUT2D eigenvalue weighted by Gasteiger charge is -2.38. The van der Waals surface area contributed by atoms with Gasteiger partial charge in [-0.15, -0.1) is 0 Å². The third kappa shape index (κ3) is 8.10. The van der Waals surface area contributed by atoms with E-state index < -0.39 is 34.1 Å². The fraction of sp³-hybridized carbons (Fsp3) is 0.516. The number of nitrogens with zero attached hydrogens (tertiary/aromatic N) is 3. The van der Waals surface area contributed by atoms with E-state index in [2.05, 4.69) is 10.2 Å². The molecule has 1 N–H and O–H groups in total. The maximum atomic E-state index is 13.3. The van der Waals surface area contributed by atoms with E-state index in [1.807, 2.05) is 6.92 Å². The van der Waals surface area contributed by atoms with Gasteiger partial charge < -0.3 is 19.4 Å². The second-order valence-electron chi connectivity index (χ2n) is 11.8. The lowest BCUT2D eigenvalue weighted by Crippen LogP contribution is -2.52. The number of nitro groups is 1. The number of amides is 1. The molecular weight excluding hydrogens is 622 g/mol. The summed E-state index contributed by atoms with van der Waals surface area (Å²) in [7, 11) is 0. The number of alkyl halides is 6. The SMILES string of the molecule is CC(Cc1cc2cc(C(F)(F)F)ccc2o1)N1CCN(C(=O)CO[C@H]2CC[C@H](Nc3ccc([N+](=O)[O-])c(C(F)(F)F)c3)CC2)CC1. The van der Waals surface area contributed by atoms with E-state index in [4.69, 9.17) is 9.15 Å². The average Bonchev–Trinajstić information content (AvgIpc) is 3.41. The van der Waals surface area contributed by atoms with Gasteiger partial charge in [-0.1, -0.05) is 0 Å². The van der Waals surface area contributed by atoms with Crippen molar-refractivity contribution >= 4 is 28.3 Å². The zero-order valence-electron chi connectivity index (χ0n) is 25.0. The maximum absolute atomic E-state index is 13.3. The fourth-order valence-electron chi connectivity index (χ4n) is 6.11. The minimum atomic E-state index is -4.85. The predicted molar refractivity (Wildman–Crippen MR) is 156 cm³/mol. The number of rotatable bonds is 9. The number of benzene rings is 2. The zero-order chi connectivity index (χ0) is 33.2. The van der Waals surface area contributed by atoms with Gasteiger partial charge >= 0.3 is 12.4 Å². The van der Waals surface area contributed by atoms with Crippen LogP contribution in [0.15, 0.2) is 46.9 Å². The van der Waals surface area contributed by atoms with Crippen molar-refractivity contribution in [3.8, 4) is 0 Å². The fourth-order valence-corrected chi connectivity index (χ4v) is 6.11. The summed E-state index contributed by atoms with van der Waals surface area (Å²) in [6, 6.07) is 7.85. The molecule has 2 fully saturated rings. The van der Waals surface area contributed by atoms with Crippen LogP contribution in [0.25, 0.3) is 11.0 Å². The number of carbonyl (C=O) groups is 1. The van der Waals surface area contributed by atoms with Gasteiger partial charge in [0.25, 0.3) is 5.69 Å². The van der Waals surface area contributed by atoms with Crippen LogP contribution in [0.4, 0.5) is 37.7 Å². The highest BCUT2D eigenvalue weighted by molar-refractivity contribution is 5.79. The van der Waals surface area contributed by atoms with Crippen LogP contribution < -0.4 is 5.32 Å². The molecule has 0 radical (unpaired) electrons. The molecule has 0 spiro atoms. The predicted octanol–water partition coefficient (Wildman–Crippen LogP) is 6.89. The summed E-state index contributed by atoms with van der Waals surface area (Å²) in [4.78, 5) is 26.7. The molecule has 1 aliphatic heterocycles. The quantitative estimate of drug-likeness (QED) is 0.152. The van der Waals surface area contributed by atoms with E-state index in [0.29, 0.717) is 75.0 Å². The molecular formula is C31H34F6N4O5. The van der Waals surface area contributed by atoms with Crippen LogP contribution in [0.1, 0.15) is 49.5 Å². The molecule has 1 atom stereocenters. The number of piperazine rings is 1. The second-order valence-corrected chi connectivity index (χ2v) is 11.8. The molecule has 15 heteroatoms. The van der Waals surface area contributed by atoms with E-state index in [1.165, 1.54) is 12.1 Å². The highest BCUT2D eigenvalue weighted by Gasteiger charge is 2.39. The first kappa shape index (κ1) is 33.5. The maximum Gasteiger partial charge on any atom is 0.423 e. The van der Waals surface area contributed by atoms with Crippen LogP contribution in [0.3, 0.4) is 0 Å². The third-order valence-electron chi connectivity index (χ3n) is 8.67. The lowest BCUT2D eigenvalue weighted by molar-refractivity contribution is -0.388. The molecule has 2 aliphatic rings. The van der Waals surface area contributed by atoms with Crippen LogP contribution in [-0.2, 0) is 28.3 Å². The highest BCUT2D eigenvalue weighted by atomic mass is 19.4. The summed E-state index contributed by atoms with van der Waals surface area (Å²) in [6.07, 6.45) is -6.52. The third-order valence-corrected chi connectivity index (χ3v) is 8.67. The number of carbonyl (C=O) groups excluding carboxylic acids is 1. The first-order valence-corrected chi connectivity index (χ1v) is 15.0. The number of hydrogen-bond acceptors (Lipinski definition) is 7. The van der Waals surface area contributed by atoms with Gasteiger partial charge in [0.2, 0.25) is 5.91 Å². The van der Waals surface area contributed by atoms with Gasteiger partial charge in [-0.25, -0.2) is 0 Å². The molecule has 5 rings (SSSR count). The normalized spacial score (nSPS) is 20.5. The van der Waals surface area contributed by atoms with Crippen LogP contribution in [0.5, 0.6) is 0 Å². The number of halogens is 6. The Balaban J connectivity index is 1.03. The van der Waals surface area contributed by atoms with Gasteiger partial charge in [-0.3, -0.25) is 19.8 Å². The minimum absolute atomic E-state index is 0.0472. The van der Waals surface area contributed by atoms with Gasteiger partial charge in [0, 0.05) is 61.8 Å². The summed E-state index contributed by atoms with van der Waals surface area (Å²) in [5, 5.41) is 14.4. The van der Waals surface area contributed by atoms with Crippen molar-refractivity contribution < 1.29 is 45.2 Å². The number of anilines is 1. The van der Waals surface area contributed by atoms with Crippen LogP contribution in [0, 0.1) is 10.1 Å². The zero-order valence-corrected chi connectivity index (χ0v) is 25.0. The summed E-state index contributed by atoms with van der Waals surface area (Å²) >= 11 is 0. The van der Waals surface area contributed by atoms with Crippen LogP contribution in [-0.4, -0.2) is 71.6 Å². The van der Waals surface area contributed by atoms with E-state index >= 15 is 0 Å². The van der Waals surface area contributed by atoms with Crippen molar-refractivity contribution in [3.63, 3.8) is 0 Å². The van der Waals surface area contributed by atoms with E-state index in [-0.39, 0.29) is 36.4 Å². The van der Waals surface area contributed by atoms with Crippen molar-refractivity contribution in [1.29, 1.82) is 0 Å². The molecule has 1 unspecified atom stereocenters. The largest absolute Gasteiger partial charge is 0.461 e. The van der Waals surface area contributed by atoms with Crippen LogP contribution >= 0.6 is 0 Å². The Morgan fingerprint density at radius 3 is 2.33 bits per heavy atom. The Hall–Kier alpha value is -3.85. The summed E-state index contributed by atoms with van der Waals surface area (Å²) in [6.45, 7) is 4.20. The van der Waals surface area contributed by atoms with E-state index in [9.17, 15) is 41.3 Å². The minimum Gasteiger partial charge on any atom is -0.461 e. The van der Waals surface area contributed by atoms with Gasteiger partial charge in [0.05, 0.1) is 16.6 Å². The molecule has 1 amide bonds. The summed E-state index contributed by atoms with van der Waals surface area (Å²) in [5.41, 5.74) is -2.46. The molecule has 3 aromatic rings. The molecule has 2 aromatic carbocycles. The Kier molecular flexibility index (Phi) is 9.82. The van der Waals surface area contributed by atoms with Crippen LogP contribution in [0.2, 0.25) is 0 Å². The van der Waals surface area contributed by atoms with Gasteiger partial charge in [-0.2, -0.15) is 26.3 Å². The van der Waals surface area contributed by atoms with Crippen molar-refractivity contribution in [3.05, 3.63) is 69.5 Å². The number of nitro benzene ring substituents is 1. The molecule has 250 valence electrons. The van der Waals surface area contributed by atoms with Gasteiger partial charge in [0.15, 0.2) is 0 Å². The number of ether oxygens (including phenoxy) is 1. The van der Waals surface area contributed by atoms with E-state index in [0.717, 1.165) is 24.3 Å². The van der Waals surface area contributed by atoms with Crippen molar-refractivity contribution in [2.24, 2.45) is 0 Å². The number of hydrogen-bond donors (Lipinski definition) is 1. The first-order valence-electron chi connectivity index (χ1n) is 15.0. The topological polar surface area (TPSA) is 101 Å². The first-order chi connectivity index (χ1) is 21.7. The van der Waals surface area contributed by atoms with Crippen molar-refractivity contribution in [1.82, 2.24) is 9.80 Å². The Bertz CT molecular complexity index is 1540. The van der Waals surface area contributed by atoms with Gasteiger partial charge in [-0.05, 0) is 69.0 Å². The molecule has 1 aliphatic carbocycles. The molecule has 1 aromatic heterocycles.